The van der Waals surface area contributed by atoms with Gasteiger partial charge >= 0.3 is 11.8 Å². The number of fused-ring (bicyclic) bond motifs is 14. The van der Waals surface area contributed by atoms with Gasteiger partial charge in [0.15, 0.2) is 12.0 Å². The number of ether oxygens (including phenoxy) is 4. The number of phenols is 3. The minimum absolute atomic E-state index is 0.00425. The van der Waals surface area contributed by atoms with Crippen molar-refractivity contribution in [2.24, 2.45) is 23.7 Å². The van der Waals surface area contributed by atoms with Gasteiger partial charge in [0.2, 0.25) is 0 Å². The number of allylic oxidation sites excluding steroid dienone is 2. The van der Waals surface area contributed by atoms with Gasteiger partial charge in [0.1, 0.15) is 23.4 Å². The molecule has 2 aromatic carbocycles. The lowest BCUT2D eigenvalue weighted by molar-refractivity contribution is -0.160. The van der Waals surface area contributed by atoms with Gasteiger partial charge in [-0.2, -0.15) is 0 Å². The molecule has 6 N–H and O–H groups in total. The number of carbonyl (C=O) groups excluding carboxylic acids is 4. The van der Waals surface area contributed by atoms with E-state index >= 15 is 0 Å². The van der Waals surface area contributed by atoms with Crippen molar-refractivity contribution in [3.63, 3.8) is 0 Å². The van der Waals surface area contributed by atoms with Crippen molar-refractivity contribution in [3.8, 4) is 23.0 Å². The van der Waals surface area contributed by atoms with Crippen LogP contribution in [-0.4, -0.2) is 86.8 Å². The molecule has 0 unspecified atom stereocenters. The summed E-state index contributed by atoms with van der Waals surface area (Å²) in [6, 6.07) is 0. The molecule has 3 heterocycles. The molecule has 0 radical (unpaired) electrons. The van der Waals surface area contributed by atoms with E-state index in [9.17, 15) is 44.7 Å². The molecule has 52 heavy (non-hydrogen) atoms. The molecule has 3 aliphatic heterocycles. The minimum atomic E-state index is -2.08. The van der Waals surface area contributed by atoms with Gasteiger partial charge in [0.05, 0.1) is 46.8 Å². The molecule has 0 saturated heterocycles. The fourth-order valence-corrected chi connectivity index (χ4v) is 6.86. The summed E-state index contributed by atoms with van der Waals surface area (Å²) in [5.74, 6) is -9.19. The highest BCUT2D eigenvalue weighted by Gasteiger charge is 2.50. The lowest BCUT2D eigenvalue weighted by Crippen LogP contribution is -2.46. The van der Waals surface area contributed by atoms with E-state index in [1.807, 2.05) is 0 Å². The number of aldehydes is 1. The molecule has 1 amide bonds. The van der Waals surface area contributed by atoms with Gasteiger partial charge < -0.3 is 49.8 Å². The molecule has 0 aromatic heterocycles. The Kier molecular flexibility index (Phi) is 11.8. The van der Waals surface area contributed by atoms with Crippen LogP contribution in [0.25, 0.3) is 10.8 Å². The number of aliphatic hydroxyl groups excluding tert-OH is 2. The van der Waals surface area contributed by atoms with Crippen molar-refractivity contribution in [2.75, 3.05) is 12.4 Å². The molecule has 5 rings (SSSR count). The van der Waals surface area contributed by atoms with Crippen LogP contribution in [0.3, 0.4) is 0 Å². The molecule has 0 spiro atoms. The zero-order valence-corrected chi connectivity index (χ0v) is 30.6. The maximum absolute atomic E-state index is 14.0. The molecule has 9 atom stereocenters. The molecular weight excluding hydrogens is 678 g/mol. The molecule has 282 valence electrons. The Morgan fingerprint density at radius 1 is 0.942 bits per heavy atom. The van der Waals surface area contributed by atoms with E-state index in [4.69, 9.17) is 18.9 Å². The zero-order valence-electron chi connectivity index (χ0n) is 30.6. The maximum atomic E-state index is 14.0. The number of nitrogens with one attached hydrogen (secondary N) is 1. The van der Waals surface area contributed by atoms with Crippen LogP contribution >= 0.6 is 0 Å². The second-order valence-electron chi connectivity index (χ2n) is 13.7. The highest BCUT2D eigenvalue weighted by molar-refractivity contribution is 6.23. The summed E-state index contributed by atoms with van der Waals surface area (Å²) in [6.07, 6.45) is 3.41. The first kappa shape index (κ1) is 39.9. The largest absolute Gasteiger partial charge is 0.507 e. The van der Waals surface area contributed by atoms with Crippen molar-refractivity contribution in [1.82, 2.24) is 0 Å². The van der Waals surface area contributed by atoms with Gasteiger partial charge in [-0.25, -0.2) is 0 Å². The molecule has 3 aliphatic rings. The van der Waals surface area contributed by atoms with E-state index in [0.717, 1.165) is 6.26 Å². The summed E-state index contributed by atoms with van der Waals surface area (Å²) >= 11 is 0. The van der Waals surface area contributed by atoms with Crippen molar-refractivity contribution in [3.05, 3.63) is 52.8 Å². The smallest absolute Gasteiger partial charge is 0.312 e. The monoisotopic (exact) mass is 725 g/mol. The number of methoxy groups -OCH3 is 1. The molecule has 5 bridgehead atoms. The SMILES string of the molecule is CO[C@@H]1/C=C/O[C@@]2(C)Oc3c(C)c(O)c4c(O)c(c(C=O)c(O)c4c3C2=O)NC(=O)/C(C)=C\C=C\[C@H](C)[C@H](O)[C@H](C)[C@H](O)[C@H](C)[C@@H](OC(C)=O)[C@H]1C. The molecule has 2 aromatic rings. The third kappa shape index (κ3) is 7.10. The fourth-order valence-electron chi connectivity index (χ4n) is 6.86. The second-order valence-corrected chi connectivity index (χ2v) is 13.7. The third-order valence-electron chi connectivity index (χ3n) is 10.2. The number of aromatic hydroxyl groups is 3. The van der Waals surface area contributed by atoms with E-state index in [1.54, 1.807) is 33.8 Å². The lowest BCUT2D eigenvalue weighted by Gasteiger charge is -2.38. The van der Waals surface area contributed by atoms with Gasteiger partial charge in [-0.3, -0.25) is 19.2 Å². The fraction of sp³-hybridized carbons (Fsp3) is 0.474. The standard InChI is InChI=1S/C38H47NO13/c1-16-11-10-12-17(2)37(48)39-28-23(15-40)32(45)25-26(33(28)46)31(44)21(6)35-27(25)36(47)38(8,52-35)50-14-13-24(49-9)18(3)34(51-22(7)41)20(5)30(43)19(4)29(16)42/h10-16,18-20,24,29-30,34,42-46H,1-9H3,(H,39,48)/b11-10+,14-13+,17-12-/t16-,18-,19-,20-,24+,29-,30-,34-,38-/m0/s1. The van der Waals surface area contributed by atoms with Crippen LogP contribution in [0.1, 0.15) is 74.7 Å². The van der Waals surface area contributed by atoms with E-state index in [-0.39, 0.29) is 28.7 Å². The number of hydrogen-bond acceptors (Lipinski definition) is 13. The number of phenolic OH excluding ortho intramolecular Hbond substituents is 3. The Morgan fingerprint density at radius 3 is 2.19 bits per heavy atom. The van der Waals surface area contributed by atoms with Gasteiger partial charge in [-0.1, -0.05) is 45.9 Å². The average Bonchev–Trinajstić information content (AvgIpc) is 3.36. The molecule has 14 nitrogen and oxygen atoms in total. The van der Waals surface area contributed by atoms with Gasteiger partial charge in [-0.15, -0.1) is 0 Å². The van der Waals surface area contributed by atoms with E-state index in [1.165, 1.54) is 53.0 Å². The summed E-state index contributed by atoms with van der Waals surface area (Å²) in [7, 11) is 1.41. The van der Waals surface area contributed by atoms with Gasteiger partial charge in [0, 0.05) is 61.2 Å². The molecule has 0 aliphatic carbocycles. The Balaban J connectivity index is 1.93. The predicted molar refractivity (Wildman–Crippen MR) is 189 cm³/mol. The number of anilines is 1. The number of hydrogen-bond donors (Lipinski definition) is 6. The summed E-state index contributed by atoms with van der Waals surface area (Å²) in [5.41, 5.74) is -1.27. The quantitative estimate of drug-likeness (QED) is 0.111. The summed E-state index contributed by atoms with van der Waals surface area (Å²) in [4.78, 5) is 51.8. The number of ketones is 1. The first-order chi connectivity index (χ1) is 24.3. The van der Waals surface area contributed by atoms with E-state index < -0.39 is 111 Å². The Labute approximate surface area is 301 Å². The predicted octanol–water partition coefficient (Wildman–Crippen LogP) is 4.57. The van der Waals surface area contributed by atoms with Gasteiger partial charge in [-0.05, 0) is 19.9 Å². The summed E-state index contributed by atoms with van der Waals surface area (Å²) in [5, 5.41) is 58.2. The zero-order chi connectivity index (χ0) is 39.0. The highest BCUT2D eigenvalue weighted by atomic mass is 16.7. The highest BCUT2D eigenvalue weighted by Crippen LogP contribution is 2.55. The average molecular weight is 726 g/mol. The second kappa shape index (κ2) is 15.4. The first-order valence-electron chi connectivity index (χ1n) is 16.9. The first-order valence-corrected chi connectivity index (χ1v) is 16.9. The molecule has 0 fully saturated rings. The molecular formula is C38H47NO13. The van der Waals surface area contributed by atoms with Crippen LogP contribution in [0.5, 0.6) is 23.0 Å². The van der Waals surface area contributed by atoms with Crippen LogP contribution in [0.15, 0.2) is 36.1 Å². The Morgan fingerprint density at radius 2 is 1.60 bits per heavy atom. The van der Waals surface area contributed by atoms with Crippen LogP contribution in [-0.2, 0) is 23.8 Å². The van der Waals surface area contributed by atoms with E-state index in [2.05, 4.69) is 5.32 Å². The Bertz CT molecular complexity index is 1860. The normalized spacial score (nSPS) is 32.3. The molecule has 0 saturated carbocycles. The lowest BCUT2D eigenvalue weighted by atomic mass is 9.78. The van der Waals surface area contributed by atoms with E-state index in [0.29, 0.717) is 0 Å². The number of aliphatic hydroxyl groups is 2. The van der Waals surface area contributed by atoms with Crippen molar-refractivity contribution in [1.29, 1.82) is 0 Å². The van der Waals surface area contributed by atoms with Gasteiger partial charge in [0.25, 0.3) is 11.7 Å². The summed E-state index contributed by atoms with van der Waals surface area (Å²) < 4.78 is 23.1. The van der Waals surface area contributed by atoms with Crippen LogP contribution in [0.4, 0.5) is 5.69 Å². The van der Waals surface area contributed by atoms with Crippen LogP contribution in [0.2, 0.25) is 0 Å². The van der Waals surface area contributed by atoms with Crippen LogP contribution < -0.4 is 10.1 Å². The number of rotatable bonds is 3. The van der Waals surface area contributed by atoms with Crippen LogP contribution in [0, 0.1) is 30.6 Å². The van der Waals surface area contributed by atoms with Crippen molar-refractivity contribution < 1.29 is 63.7 Å². The maximum Gasteiger partial charge on any atom is 0.312 e. The molecule has 14 heteroatoms. The number of amides is 1. The number of carbonyl (C=O) groups is 4. The third-order valence-corrected chi connectivity index (χ3v) is 10.2. The van der Waals surface area contributed by atoms with Crippen molar-refractivity contribution in [2.45, 2.75) is 85.6 Å². The topological polar surface area (TPSA) is 218 Å². The number of esters is 1. The minimum Gasteiger partial charge on any atom is -0.507 e. The summed E-state index contributed by atoms with van der Waals surface area (Å²) in [6.45, 7) is 12.2. The van der Waals surface area contributed by atoms with Crippen molar-refractivity contribution >= 4 is 40.4 Å². The Hall–Kier alpha value is -4.92. The number of benzene rings is 2. The number of Topliss-reactive ketones (excluding diaryl/α,β-unsaturated/α-hetero) is 1.